The molecule has 2 heterocycles. The van der Waals surface area contributed by atoms with Crippen molar-refractivity contribution >= 4 is 21.4 Å². The van der Waals surface area contributed by atoms with E-state index in [1.54, 1.807) is 11.3 Å². The average Bonchev–Trinajstić information content (AvgIpc) is 2.76. The standard InChI is InChI=1S/C13H22N2O2S2/c1-10-3-4-13(18-10)11(2)15-19(16,17)9-12-5-7-14-8-6-12/h3-4,11-12,14-15H,5-9H2,1-2H3. The predicted molar refractivity (Wildman–Crippen MR) is 80.0 cm³/mol. The molecule has 6 heteroatoms. The highest BCUT2D eigenvalue weighted by molar-refractivity contribution is 7.89. The van der Waals surface area contributed by atoms with Crippen LogP contribution in [0.1, 0.15) is 35.6 Å². The molecule has 1 unspecified atom stereocenters. The zero-order valence-electron chi connectivity index (χ0n) is 11.5. The molecule has 1 saturated heterocycles. The van der Waals surface area contributed by atoms with Crippen molar-refractivity contribution < 1.29 is 8.42 Å². The van der Waals surface area contributed by atoms with Crippen LogP contribution in [0.3, 0.4) is 0 Å². The quantitative estimate of drug-likeness (QED) is 0.875. The van der Waals surface area contributed by atoms with Gasteiger partial charge in [-0.2, -0.15) is 0 Å². The first-order valence-electron chi connectivity index (χ1n) is 6.73. The Morgan fingerprint density at radius 1 is 1.42 bits per heavy atom. The second-order valence-corrected chi connectivity index (χ2v) is 8.38. The van der Waals surface area contributed by atoms with Gasteiger partial charge in [0.15, 0.2) is 0 Å². The molecule has 0 aromatic carbocycles. The Morgan fingerprint density at radius 2 is 2.11 bits per heavy atom. The predicted octanol–water partition coefficient (Wildman–Crippen LogP) is 2.04. The van der Waals surface area contributed by atoms with Gasteiger partial charge in [0.1, 0.15) is 0 Å². The SMILES string of the molecule is Cc1ccc(C(C)NS(=O)(=O)CC2CCNCC2)s1. The van der Waals surface area contributed by atoms with E-state index in [2.05, 4.69) is 10.0 Å². The lowest BCUT2D eigenvalue weighted by Gasteiger charge is -2.23. The van der Waals surface area contributed by atoms with Gasteiger partial charge in [0, 0.05) is 9.75 Å². The first-order valence-corrected chi connectivity index (χ1v) is 9.20. The summed E-state index contributed by atoms with van der Waals surface area (Å²) in [5.74, 6) is 0.541. The third kappa shape index (κ3) is 4.56. The van der Waals surface area contributed by atoms with E-state index in [1.807, 2.05) is 26.0 Å². The van der Waals surface area contributed by atoms with Crippen molar-refractivity contribution in [3.63, 3.8) is 0 Å². The summed E-state index contributed by atoms with van der Waals surface area (Å²) in [6, 6.07) is 3.89. The van der Waals surface area contributed by atoms with Crippen molar-refractivity contribution in [2.45, 2.75) is 32.7 Å². The molecule has 2 N–H and O–H groups in total. The van der Waals surface area contributed by atoms with Crippen molar-refractivity contribution in [3.05, 3.63) is 21.9 Å². The first-order chi connectivity index (χ1) is 8.96. The molecule has 0 radical (unpaired) electrons. The second kappa shape index (κ2) is 6.35. The maximum atomic E-state index is 12.2. The van der Waals surface area contributed by atoms with Gasteiger partial charge in [-0.3, -0.25) is 0 Å². The van der Waals surface area contributed by atoms with E-state index in [1.165, 1.54) is 4.88 Å². The van der Waals surface area contributed by atoms with E-state index in [0.29, 0.717) is 0 Å². The van der Waals surface area contributed by atoms with Gasteiger partial charge >= 0.3 is 0 Å². The maximum Gasteiger partial charge on any atom is 0.212 e. The lowest BCUT2D eigenvalue weighted by atomic mass is 10.0. The molecular weight excluding hydrogens is 280 g/mol. The lowest BCUT2D eigenvalue weighted by molar-refractivity contribution is 0.399. The molecule has 2 rings (SSSR count). The van der Waals surface area contributed by atoms with E-state index in [9.17, 15) is 8.42 Å². The number of aryl methyl sites for hydroxylation is 1. The molecule has 0 amide bonds. The number of rotatable bonds is 5. The van der Waals surface area contributed by atoms with Crippen LogP contribution in [0.25, 0.3) is 0 Å². The topological polar surface area (TPSA) is 58.2 Å². The molecule has 4 nitrogen and oxygen atoms in total. The van der Waals surface area contributed by atoms with Crippen LogP contribution in [0.4, 0.5) is 0 Å². The Kier molecular flexibility index (Phi) is 5.00. The summed E-state index contributed by atoms with van der Waals surface area (Å²) in [6.07, 6.45) is 1.90. The summed E-state index contributed by atoms with van der Waals surface area (Å²) >= 11 is 1.65. The highest BCUT2D eigenvalue weighted by Crippen LogP contribution is 2.23. The molecule has 0 spiro atoms. The van der Waals surface area contributed by atoms with Gasteiger partial charge in [-0.15, -0.1) is 11.3 Å². The minimum atomic E-state index is -3.19. The van der Waals surface area contributed by atoms with Crippen LogP contribution in [-0.4, -0.2) is 27.3 Å². The van der Waals surface area contributed by atoms with E-state index in [0.717, 1.165) is 30.8 Å². The van der Waals surface area contributed by atoms with Crippen molar-refractivity contribution in [1.82, 2.24) is 10.0 Å². The largest absolute Gasteiger partial charge is 0.317 e. The zero-order chi connectivity index (χ0) is 13.9. The summed E-state index contributed by atoms with van der Waals surface area (Å²) in [4.78, 5) is 2.28. The van der Waals surface area contributed by atoms with Gasteiger partial charge in [-0.1, -0.05) is 0 Å². The zero-order valence-corrected chi connectivity index (χ0v) is 13.1. The average molecular weight is 302 g/mol. The molecule has 1 aromatic heterocycles. The fourth-order valence-electron chi connectivity index (χ4n) is 2.42. The summed E-state index contributed by atoms with van der Waals surface area (Å²) in [6.45, 7) is 5.80. The third-order valence-corrected chi connectivity index (χ3v) is 6.26. The van der Waals surface area contributed by atoms with Crippen LogP contribution in [0.15, 0.2) is 12.1 Å². The molecule has 0 saturated carbocycles. The van der Waals surface area contributed by atoms with E-state index < -0.39 is 10.0 Å². The molecule has 1 atom stereocenters. The number of sulfonamides is 1. The van der Waals surface area contributed by atoms with Gasteiger partial charge < -0.3 is 5.32 Å². The van der Waals surface area contributed by atoms with Gasteiger partial charge in [-0.05, 0) is 57.8 Å². The Bertz CT molecular complexity index is 504. The van der Waals surface area contributed by atoms with Crippen molar-refractivity contribution in [2.24, 2.45) is 5.92 Å². The fraction of sp³-hybridized carbons (Fsp3) is 0.692. The van der Waals surface area contributed by atoms with Crippen LogP contribution in [0, 0.1) is 12.8 Å². The number of hydrogen-bond donors (Lipinski definition) is 2. The lowest BCUT2D eigenvalue weighted by Crippen LogP contribution is -2.36. The highest BCUT2D eigenvalue weighted by Gasteiger charge is 2.23. The van der Waals surface area contributed by atoms with E-state index >= 15 is 0 Å². The van der Waals surface area contributed by atoms with Crippen LogP contribution < -0.4 is 10.0 Å². The van der Waals surface area contributed by atoms with Gasteiger partial charge in [-0.25, -0.2) is 13.1 Å². The van der Waals surface area contributed by atoms with E-state index in [4.69, 9.17) is 0 Å². The maximum absolute atomic E-state index is 12.2. The van der Waals surface area contributed by atoms with Crippen LogP contribution in [0.5, 0.6) is 0 Å². The molecule has 19 heavy (non-hydrogen) atoms. The molecule has 1 aromatic rings. The smallest absolute Gasteiger partial charge is 0.212 e. The summed E-state index contributed by atoms with van der Waals surface area (Å²) < 4.78 is 27.1. The Labute approximate surface area is 119 Å². The molecule has 0 aliphatic carbocycles. The molecule has 0 bridgehead atoms. The Morgan fingerprint density at radius 3 is 2.68 bits per heavy atom. The summed E-state index contributed by atoms with van der Waals surface area (Å²) in [5.41, 5.74) is 0. The fourth-order valence-corrected chi connectivity index (χ4v) is 5.09. The third-order valence-electron chi connectivity index (χ3n) is 3.46. The first kappa shape index (κ1) is 15.0. The molecule has 1 aliphatic rings. The van der Waals surface area contributed by atoms with Crippen molar-refractivity contribution in [2.75, 3.05) is 18.8 Å². The van der Waals surface area contributed by atoms with Crippen LogP contribution in [0.2, 0.25) is 0 Å². The van der Waals surface area contributed by atoms with Crippen LogP contribution >= 0.6 is 11.3 Å². The monoisotopic (exact) mass is 302 g/mol. The molecular formula is C13H22N2O2S2. The summed E-state index contributed by atoms with van der Waals surface area (Å²) in [5, 5.41) is 3.26. The van der Waals surface area contributed by atoms with Gasteiger partial charge in [0.05, 0.1) is 11.8 Å². The van der Waals surface area contributed by atoms with Crippen molar-refractivity contribution in [1.29, 1.82) is 0 Å². The molecule has 1 fully saturated rings. The van der Waals surface area contributed by atoms with Crippen LogP contribution in [-0.2, 0) is 10.0 Å². The minimum absolute atomic E-state index is 0.134. The molecule has 1 aliphatic heterocycles. The van der Waals surface area contributed by atoms with Crippen molar-refractivity contribution in [3.8, 4) is 0 Å². The summed E-state index contributed by atoms with van der Waals surface area (Å²) in [7, 11) is -3.19. The van der Waals surface area contributed by atoms with Gasteiger partial charge in [0.2, 0.25) is 10.0 Å². The van der Waals surface area contributed by atoms with Gasteiger partial charge in [0.25, 0.3) is 0 Å². The highest BCUT2D eigenvalue weighted by atomic mass is 32.2. The second-order valence-electron chi connectivity index (χ2n) is 5.26. The Balaban J connectivity index is 1.92. The Hall–Kier alpha value is -0.430. The number of piperidine rings is 1. The normalized spacial score (nSPS) is 19.5. The molecule has 108 valence electrons. The number of thiophene rings is 1. The number of nitrogens with one attached hydrogen (secondary N) is 2. The minimum Gasteiger partial charge on any atom is -0.317 e. The number of hydrogen-bond acceptors (Lipinski definition) is 4. The van der Waals surface area contributed by atoms with E-state index in [-0.39, 0.29) is 17.7 Å².